The van der Waals surface area contributed by atoms with Gasteiger partial charge in [0.2, 0.25) is 0 Å². The third-order valence-electron chi connectivity index (χ3n) is 2.51. The summed E-state index contributed by atoms with van der Waals surface area (Å²) in [5.74, 6) is 0. The molecule has 1 aliphatic rings. The summed E-state index contributed by atoms with van der Waals surface area (Å²) in [5, 5.41) is 6.95. The molecule has 0 unspecified atom stereocenters. The number of para-hydroxylation sites is 1. The first kappa shape index (κ1) is 9.73. The van der Waals surface area contributed by atoms with Crippen molar-refractivity contribution in [1.82, 2.24) is 0 Å². The van der Waals surface area contributed by atoms with Crippen molar-refractivity contribution in [1.29, 1.82) is 0 Å². The molecule has 0 radical (unpaired) electrons. The first-order chi connectivity index (χ1) is 6.86. The summed E-state index contributed by atoms with van der Waals surface area (Å²) in [5.41, 5.74) is 1.26. The van der Waals surface area contributed by atoms with Crippen LogP contribution in [-0.2, 0) is 0 Å². The largest absolute Gasteiger partial charge is 0.357 e. The van der Waals surface area contributed by atoms with Crippen LogP contribution in [0.25, 0.3) is 0 Å². The Hall–Kier alpha value is -0.810. The van der Waals surface area contributed by atoms with Crippen LogP contribution in [0.2, 0.25) is 0 Å². The first-order valence-electron chi connectivity index (χ1n) is 5.20. The third-order valence-corrected chi connectivity index (χ3v) is 5.02. The molecule has 0 aromatic heterocycles. The van der Waals surface area contributed by atoms with Crippen molar-refractivity contribution < 1.29 is 0 Å². The zero-order valence-electron chi connectivity index (χ0n) is 8.75. The summed E-state index contributed by atoms with van der Waals surface area (Å²) in [4.78, 5) is 0. The summed E-state index contributed by atoms with van der Waals surface area (Å²) < 4.78 is 0. The molecule has 14 heavy (non-hydrogen) atoms. The fourth-order valence-electron chi connectivity index (χ4n) is 1.74. The lowest BCUT2D eigenvalue weighted by Gasteiger charge is -2.05. The Bertz CT molecular complexity index is 329. The van der Waals surface area contributed by atoms with E-state index in [2.05, 4.69) is 49.3 Å². The van der Waals surface area contributed by atoms with Crippen LogP contribution in [0.5, 0.6) is 0 Å². The number of rotatable bonds is 4. The van der Waals surface area contributed by atoms with Crippen LogP contribution in [0.15, 0.2) is 41.0 Å². The molecule has 0 atom stereocenters. The van der Waals surface area contributed by atoms with E-state index < -0.39 is 0 Å². The molecular formula is C12H16NP. The molecule has 0 saturated carbocycles. The molecule has 0 aliphatic carbocycles. The van der Waals surface area contributed by atoms with Crippen molar-refractivity contribution in [3.8, 4) is 0 Å². The van der Waals surface area contributed by atoms with Gasteiger partial charge >= 0.3 is 0 Å². The maximum absolute atomic E-state index is 3.61. The highest BCUT2D eigenvalue weighted by Gasteiger charge is 2.33. The van der Waals surface area contributed by atoms with E-state index in [0.29, 0.717) is 0 Å². The number of hydrogen-bond donors (Lipinski definition) is 1. The smallest absolute Gasteiger partial charge is 0.0446 e. The Labute approximate surface area is 87.0 Å². The molecule has 0 amide bonds. The molecular weight excluding hydrogens is 189 g/mol. The Morgan fingerprint density at radius 2 is 1.57 bits per heavy atom. The number of allylic oxidation sites excluding steroid dienone is 2. The molecule has 1 aromatic rings. The fraction of sp³-hybridized carbons (Fsp3) is 0.333. The molecule has 0 fully saturated rings. The average molecular weight is 205 g/mol. The molecule has 1 N–H and O–H groups in total. The lowest BCUT2D eigenvalue weighted by Crippen LogP contribution is -1.83. The van der Waals surface area contributed by atoms with Gasteiger partial charge in [0.25, 0.3) is 0 Å². The van der Waals surface area contributed by atoms with E-state index in [4.69, 9.17) is 0 Å². The summed E-state index contributed by atoms with van der Waals surface area (Å²) in [6, 6.07) is 10.5. The SMILES string of the molecule is CCC1=C(CC)P1Nc1ccccc1. The molecule has 1 aliphatic heterocycles. The van der Waals surface area contributed by atoms with Crippen molar-refractivity contribution in [3.63, 3.8) is 0 Å². The number of hydrogen-bond acceptors (Lipinski definition) is 1. The zero-order chi connectivity index (χ0) is 9.97. The van der Waals surface area contributed by atoms with Gasteiger partial charge in [-0.15, -0.1) is 0 Å². The summed E-state index contributed by atoms with van der Waals surface area (Å²) in [7, 11) is -0.0705. The highest BCUT2D eigenvalue weighted by molar-refractivity contribution is 7.75. The average Bonchev–Trinajstić information content (AvgIpc) is 2.91. The summed E-state index contributed by atoms with van der Waals surface area (Å²) in [6.07, 6.45) is 2.43. The lowest BCUT2D eigenvalue weighted by atomic mass is 10.3. The third kappa shape index (κ3) is 1.83. The maximum atomic E-state index is 3.61. The van der Waals surface area contributed by atoms with E-state index in [1.807, 2.05) is 0 Å². The van der Waals surface area contributed by atoms with Gasteiger partial charge in [0.1, 0.15) is 0 Å². The monoisotopic (exact) mass is 205 g/mol. The van der Waals surface area contributed by atoms with Gasteiger partial charge in [-0.25, -0.2) is 0 Å². The molecule has 0 saturated heterocycles. The van der Waals surface area contributed by atoms with Crippen molar-refractivity contribution in [3.05, 3.63) is 41.0 Å². The maximum Gasteiger partial charge on any atom is 0.0446 e. The van der Waals surface area contributed by atoms with E-state index in [-0.39, 0.29) is 8.07 Å². The molecule has 1 aromatic carbocycles. The van der Waals surface area contributed by atoms with Gasteiger partial charge < -0.3 is 5.09 Å². The minimum absolute atomic E-state index is 0.0705. The second kappa shape index (κ2) is 4.14. The Morgan fingerprint density at radius 3 is 2.07 bits per heavy atom. The van der Waals surface area contributed by atoms with Gasteiger partial charge in [-0.1, -0.05) is 32.0 Å². The van der Waals surface area contributed by atoms with Crippen molar-refractivity contribution in [2.45, 2.75) is 26.7 Å². The van der Waals surface area contributed by atoms with Crippen LogP contribution in [0.4, 0.5) is 5.69 Å². The Balaban J connectivity index is 1.96. The number of benzene rings is 1. The molecule has 1 nitrogen and oxygen atoms in total. The molecule has 0 bridgehead atoms. The van der Waals surface area contributed by atoms with E-state index in [1.165, 1.54) is 18.5 Å². The van der Waals surface area contributed by atoms with Crippen LogP contribution < -0.4 is 5.09 Å². The van der Waals surface area contributed by atoms with Crippen molar-refractivity contribution in [2.75, 3.05) is 5.09 Å². The molecule has 74 valence electrons. The van der Waals surface area contributed by atoms with Gasteiger partial charge in [0.05, 0.1) is 0 Å². The van der Waals surface area contributed by atoms with Gasteiger partial charge in [0, 0.05) is 13.8 Å². The zero-order valence-corrected chi connectivity index (χ0v) is 9.64. The standard InChI is InChI=1S/C12H16NP/c1-3-11-12(4-2)14(11)13-10-8-6-5-7-9-10/h5-9,13H,3-4H2,1-2H3. The number of anilines is 1. The molecule has 1 heterocycles. The molecule has 2 heteroatoms. The van der Waals surface area contributed by atoms with Gasteiger partial charge in [-0.2, -0.15) is 0 Å². The second-order valence-corrected chi connectivity index (χ2v) is 5.39. The van der Waals surface area contributed by atoms with Crippen molar-refractivity contribution in [2.24, 2.45) is 0 Å². The van der Waals surface area contributed by atoms with Crippen LogP contribution in [0.1, 0.15) is 26.7 Å². The highest BCUT2D eigenvalue weighted by atomic mass is 31.1. The minimum Gasteiger partial charge on any atom is -0.357 e. The normalized spacial score (nSPS) is 15.9. The molecule has 0 spiro atoms. The molecule has 2 rings (SSSR count). The van der Waals surface area contributed by atoms with E-state index in [9.17, 15) is 0 Å². The minimum atomic E-state index is -0.0705. The predicted octanol–water partition coefficient (Wildman–Crippen LogP) is 4.54. The van der Waals surface area contributed by atoms with E-state index in [1.54, 1.807) is 10.6 Å². The van der Waals surface area contributed by atoms with E-state index in [0.717, 1.165) is 0 Å². The summed E-state index contributed by atoms with van der Waals surface area (Å²) >= 11 is 0. The Morgan fingerprint density at radius 1 is 1.00 bits per heavy atom. The van der Waals surface area contributed by atoms with Crippen LogP contribution >= 0.6 is 8.07 Å². The second-order valence-electron chi connectivity index (χ2n) is 3.41. The fourth-order valence-corrected chi connectivity index (χ4v) is 3.99. The van der Waals surface area contributed by atoms with E-state index >= 15 is 0 Å². The summed E-state index contributed by atoms with van der Waals surface area (Å²) in [6.45, 7) is 4.50. The van der Waals surface area contributed by atoms with Gasteiger partial charge in [-0.05, 0) is 35.6 Å². The van der Waals surface area contributed by atoms with Crippen LogP contribution in [-0.4, -0.2) is 0 Å². The predicted molar refractivity (Wildman–Crippen MR) is 64.6 cm³/mol. The van der Waals surface area contributed by atoms with Gasteiger partial charge in [-0.3, -0.25) is 0 Å². The first-order valence-corrected chi connectivity index (χ1v) is 6.54. The Kier molecular flexibility index (Phi) is 2.88. The van der Waals surface area contributed by atoms with Crippen LogP contribution in [0, 0.1) is 0 Å². The highest BCUT2D eigenvalue weighted by Crippen LogP contribution is 2.70. The quantitative estimate of drug-likeness (QED) is 0.711. The van der Waals surface area contributed by atoms with Gasteiger partial charge in [0.15, 0.2) is 0 Å². The van der Waals surface area contributed by atoms with Crippen LogP contribution in [0.3, 0.4) is 0 Å². The topological polar surface area (TPSA) is 12.0 Å². The lowest BCUT2D eigenvalue weighted by molar-refractivity contribution is 1.16. The van der Waals surface area contributed by atoms with Crippen molar-refractivity contribution >= 4 is 13.8 Å². The number of nitrogens with one attached hydrogen (secondary N) is 1.